The van der Waals surface area contributed by atoms with Crippen molar-refractivity contribution in [2.75, 3.05) is 17.2 Å². The number of carbonyl (C=O) groups excluding carboxylic acids is 2. The lowest BCUT2D eigenvalue weighted by molar-refractivity contribution is -0.125. The van der Waals surface area contributed by atoms with Gasteiger partial charge in [-0.15, -0.1) is 6.58 Å². The molecule has 2 N–H and O–H groups in total. The van der Waals surface area contributed by atoms with Gasteiger partial charge >= 0.3 is 0 Å². The maximum atomic E-state index is 12.3. The molecular formula is C18H22N4O3. The molecule has 0 aliphatic carbocycles. The summed E-state index contributed by atoms with van der Waals surface area (Å²) in [5.41, 5.74) is 1.16. The molecule has 0 saturated heterocycles. The van der Waals surface area contributed by atoms with E-state index >= 15 is 0 Å². The first kappa shape index (κ1) is 18.4. The van der Waals surface area contributed by atoms with Crippen molar-refractivity contribution in [3.63, 3.8) is 0 Å². The highest BCUT2D eigenvalue weighted by molar-refractivity contribution is 5.96. The Labute approximate surface area is 146 Å². The summed E-state index contributed by atoms with van der Waals surface area (Å²) < 4.78 is 6.85. The molecule has 132 valence electrons. The highest BCUT2D eigenvalue weighted by atomic mass is 16.5. The van der Waals surface area contributed by atoms with E-state index in [2.05, 4.69) is 22.3 Å². The van der Waals surface area contributed by atoms with E-state index in [1.165, 1.54) is 0 Å². The summed E-state index contributed by atoms with van der Waals surface area (Å²) in [6, 6.07) is 8.24. The Kier molecular flexibility index (Phi) is 6.47. The van der Waals surface area contributed by atoms with E-state index in [1.54, 1.807) is 67.3 Å². The van der Waals surface area contributed by atoms with Gasteiger partial charge in [0.25, 0.3) is 5.91 Å². The fourth-order valence-electron chi connectivity index (χ4n) is 2.08. The molecule has 7 heteroatoms. The number of aromatic nitrogens is 2. The molecule has 2 atom stereocenters. The Morgan fingerprint density at radius 2 is 1.92 bits per heavy atom. The van der Waals surface area contributed by atoms with Gasteiger partial charge < -0.3 is 15.4 Å². The molecule has 0 radical (unpaired) electrons. The zero-order valence-electron chi connectivity index (χ0n) is 14.3. The third-order valence-corrected chi connectivity index (χ3v) is 3.53. The van der Waals surface area contributed by atoms with Crippen LogP contribution in [0.3, 0.4) is 0 Å². The van der Waals surface area contributed by atoms with Crippen molar-refractivity contribution in [1.29, 1.82) is 0 Å². The first-order chi connectivity index (χ1) is 12.0. The van der Waals surface area contributed by atoms with Gasteiger partial charge in [-0.25, -0.2) is 0 Å². The van der Waals surface area contributed by atoms with Crippen molar-refractivity contribution in [3.05, 3.63) is 55.4 Å². The fraction of sp³-hybridized carbons (Fsp3) is 0.278. The first-order valence-corrected chi connectivity index (χ1v) is 7.94. The molecule has 0 spiro atoms. The zero-order valence-corrected chi connectivity index (χ0v) is 14.3. The standard InChI is InChI=1S/C18H22N4O3/c1-4-11-25-14(3)18(24)21-16-8-5-7-15(12-16)20-17(23)13(2)22-10-6-9-19-22/h4-10,12-14H,1,11H2,2-3H3,(H,20,23)(H,21,24)/t13-,14-/m0/s1. The van der Waals surface area contributed by atoms with Crippen LogP contribution in [-0.2, 0) is 14.3 Å². The predicted octanol–water partition coefficient (Wildman–Crippen LogP) is 2.61. The maximum absolute atomic E-state index is 12.3. The van der Waals surface area contributed by atoms with Crippen molar-refractivity contribution in [2.24, 2.45) is 0 Å². The molecule has 0 fully saturated rings. The average Bonchev–Trinajstić information content (AvgIpc) is 3.13. The molecule has 2 amide bonds. The largest absolute Gasteiger partial charge is 0.365 e. The zero-order chi connectivity index (χ0) is 18.2. The van der Waals surface area contributed by atoms with Crippen LogP contribution in [-0.4, -0.2) is 34.3 Å². The number of carbonyl (C=O) groups is 2. The van der Waals surface area contributed by atoms with Gasteiger partial charge in [0.05, 0.1) is 6.61 Å². The number of rotatable bonds is 8. The van der Waals surface area contributed by atoms with E-state index < -0.39 is 12.1 Å². The molecule has 2 rings (SSSR count). The molecule has 0 bridgehead atoms. The van der Waals surface area contributed by atoms with Crippen LogP contribution >= 0.6 is 0 Å². The third kappa shape index (κ3) is 5.29. The van der Waals surface area contributed by atoms with Crippen LogP contribution < -0.4 is 10.6 Å². The van der Waals surface area contributed by atoms with Crippen molar-refractivity contribution in [1.82, 2.24) is 9.78 Å². The van der Waals surface area contributed by atoms with Crippen LogP contribution in [0.5, 0.6) is 0 Å². The number of amides is 2. The van der Waals surface area contributed by atoms with Crippen molar-refractivity contribution < 1.29 is 14.3 Å². The summed E-state index contributed by atoms with van der Waals surface area (Å²) in [5, 5.41) is 9.62. The highest BCUT2D eigenvalue weighted by Gasteiger charge is 2.16. The minimum atomic E-state index is -0.601. The van der Waals surface area contributed by atoms with E-state index in [0.29, 0.717) is 18.0 Å². The van der Waals surface area contributed by atoms with E-state index in [-0.39, 0.29) is 11.8 Å². The molecule has 2 aromatic rings. The van der Waals surface area contributed by atoms with Crippen molar-refractivity contribution in [3.8, 4) is 0 Å². The van der Waals surface area contributed by atoms with Gasteiger partial charge in [-0.1, -0.05) is 12.1 Å². The van der Waals surface area contributed by atoms with Crippen LogP contribution in [0.1, 0.15) is 19.9 Å². The third-order valence-electron chi connectivity index (χ3n) is 3.53. The smallest absolute Gasteiger partial charge is 0.253 e. The number of hydrogen-bond donors (Lipinski definition) is 2. The minimum absolute atomic E-state index is 0.199. The molecule has 0 aliphatic rings. The average molecular weight is 342 g/mol. The van der Waals surface area contributed by atoms with Crippen LogP contribution in [0.15, 0.2) is 55.4 Å². The van der Waals surface area contributed by atoms with Gasteiger partial charge in [0, 0.05) is 23.8 Å². The van der Waals surface area contributed by atoms with Crippen LogP contribution in [0.2, 0.25) is 0 Å². The fourth-order valence-corrected chi connectivity index (χ4v) is 2.08. The van der Waals surface area contributed by atoms with E-state index in [9.17, 15) is 9.59 Å². The summed E-state index contributed by atoms with van der Waals surface area (Å²) >= 11 is 0. The Morgan fingerprint density at radius 1 is 1.24 bits per heavy atom. The molecule has 0 aliphatic heterocycles. The molecule has 1 heterocycles. The van der Waals surface area contributed by atoms with Gasteiger partial charge in [-0.3, -0.25) is 14.3 Å². The van der Waals surface area contributed by atoms with Gasteiger partial charge in [-0.05, 0) is 38.1 Å². The van der Waals surface area contributed by atoms with Crippen molar-refractivity contribution in [2.45, 2.75) is 26.0 Å². The second-order valence-corrected chi connectivity index (χ2v) is 5.49. The lowest BCUT2D eigenvalue weighted by atomic mass is 10.2. The molecule has 0 unspecified atom stereocenters. The number of nitrogens with zero attached hydrogens (tertiary/aromatic N) is 2. The maximum Gasteiger partial charge on any atom is 0.253 e. The number of ether oxygens (including phenoxy) is 1. The Balaban J connectivity index is 1.97. The molecule has 7 nitrogen and oxygen atoms in total. The summed E-state index contributed by atoms with van der Waals surface area (Å²) in [6.07, 6.45) is 4.33. The number of nitrogens with one attached hydrogen (secondary N) is 2. The highest BCUT2D eigenvalue weighted by Crippen LogP contribution is 2.17. The molecular weight excluding hydrogens is 320 g/mol. The molecule has 1 aromatic carbocycles. The normalized spacial score (nSPS) is 12.9. The summed E-state index contributed by atoms with van der Waals surface area (Å²) in [5.74, 6) is -0.468. The Bertz CT molecular complexity index is 728. The van der Waals surface area contributed by atoms with Gasteiger partial charge in [0.1, 0.15) is 12.1 Å². The van der Waals surface area contributed by atoms with Crippen molar-refractivity contribution >= 4 is 23.2 Å². The van der Waals surface area contributed by atoms with E-state index in [1.807, 2.05) is 0 Å². The van der Waals surface area contributed by atoms with Crippen LogP contribution in [0.25, 0.3) is 0 Å². The molecule has 1 aromatic heterocycles. The second-order valence-electron chi connectivity index (χ2n) is 5.49. The van der Waals surface area contributed by atoms with E-state index in [4.69, 9.17) is 4.74 Å². The predicted molar refractivity (Wildman–Crippen MR) is 96.3 cm³/mol. The monoisotopic (exact) mass is 342 g/mol. The number of anilines is 2. The van der Waals surface area contributed by atoms with Gasteiger partial charge in [0.2, 0.25) is 5.91 Å². The molecule has 25 heavy (non-hydrogen) atoms. The Morgan fingerprint density at radius 3 is 2.52 bits per heavy atom. The van der Waals surface area contributed by atoms with Gasteiger partial charge in [-0.2, -0.15) is 5.10 Å². The van der Waals surface area contributed by atoms with Crippen LogP contribution in [0.4, 0.5) is 11.4 Å². The SMILES string of the molecule is C=CCO[C@@H](C)C(=O)Nc1cccc(NC(=O)[C@H](C)n2cccn2)c1. The molecule has 0 saturated carbocycles. The Hall–Kier alpha value is -2.93. The summed E-state index contributed by atoms with van der Waals surface area (Å²) in [7, 11) is 0. The quantitative estimate of drug-likeness (QED) is 0.722. The minimum Gasteiger partial charge on any atom is -0.365 e. The van der Waals surface area contributed by atoms with E-state index in [0.717, 1.165) is 0 Å². The second kappa shape index (κ2) is 8.79. The topological polar surface area (TPSA) is 85.3 Å². The van der Waals surface area contributed by atoms with Crippen LogP contribution in [0, 0.1) is 0 Å². The van der Waals surface area contributed by atoms with Gasteiger partial charge in [0.15, 0.2) is 0 Å². The lowest BCUT2D eigenvalue weighted by Gasteiger charge is -2.15. The summed E-state index contributed by atoms with van der Waals surface area (Å²) in [6.45, 7) is 7.27. The number of hydrogen-bond acceptors (Lipinski definition) is 4. The lowest BCUT2D eigenvalue weighted by Crippen LogP contribution is -2.28. The summed E-state index contributed by atoms with van der Waals surface area (Å²) in [4.78, 5) is 24.3. The number of benzene rings is 1. The first-order valence-electron chi connectivity index (χ1n) is 7.94.